The van der Waals surface area contributed by atoms with Gasteiger partial charge in [0.15, 0.2) is 11.5 Å². The molecule has 2 aliphatic rings. The summed E-state index contributed by atoms with van der Waals surface area (Å²) in [6.45, 7) is 4.76. The topological polar surface area (TPSA) is 58.9 Å². The van der Waals surface area contributed by atoms with E-state index in [1.165, 1.54) is 0 Å². The van der Waals surface area contributed by atoms with E-state index in [-0.39, 0.29) is 5.56 Å². The number of unbranched alkanes of at least 4 members (excludes halogenated alkanes) is 1. The number of aromatic nitrogens is 1. The zero-order valence-corrected chi connectivity index (χ0v) is 19.6. The van der Waals surface area contributed by atoms with Gasteiger partial charge >= 0.3 is 0 Å². The predicted molar refractivity (Wildman–Crippen MR) is 123 cm³/mol. The van der Waals surface area contributed by atoms with Crippen molar-refractivity contribution in [1.82, 2.24) is 4.57 Å². The van der Waals surface area contributed by atoms with E-state index >= 15 is 0 Å². The summed E-state index contributed by atoms with van der Waals surface area (Å²) in [4.78, 5) is 13.7. The van der Waals surface area contributed by atoms with Crippen LogP contribution < -0.4 is 19.8 Å². The van der Waals surface area contributed by atoms with Gasteiger partial charge in [-0.3, -0.25) is 4.79 Å². The number of rotatable bonds is 6. The molecule has 168 valence electrons. The van der Waals surface area contributed by atoms with Gasteiger partial charge in [0.1, 0.15) is 11.9 Å². The zero-order chi connectivity index (χ0) is 22.5. The molecule has 0 radical (unpaired) electrons. The van der Waals surface area contributed by atoms with Gasteiger partial charge in [-0.15, -0.1) is 0 Å². The molecular formula is C25H27NO5S. The van der Waals surface area contributed by atoms with Crippen molar-refractivity contribution < 1.29 is 18.9 Å². The lowest BCUT2D eigenvalue weighted by atomic mass is 9.85. The molecule has 0 saturated heterocycles. The van der Waals surface area contributed by atoms with E-state index in [0.717, 1.165) is 35.2 Å². The SMILES string of the molecule is CCCCn1c(C)cc2c(c1=O)C1O[C@](c3ccsc3)(Cc3cc(OC)c(OC)cc31)O2. The van der Waals surface area contributed by atoms with E-state index in [4.69, 9.17) is 18.9 Å². The number of thiophene rings is 1. The molecule has 32 heavy (non-hydrogen) atoms. The van der Waals surface area contributed by atoms with E-state index < -0.39 is 11.9 Å². The van der Waals surface area contributed by atoms with Gasteiger partial charge in [-0.05, 0) is 48.1 Å². The Kier molecular flexibility index (Phi) is 5.26. The fraction of sp³-hybridized carbons (Fsp3) is 0.400. The normalized spacial score (nSPS) is 20.8. The number of methoxy groups -OCH3 is 2. The molecule has 0 N–H and O–H groups in total. The monoisotopic (exact) mass is 453 g/mol. The van der Waals surface area contributed by atoms with Crippen molar-refractivity contribution in [2.75, 3.05) is 14.2 Å². The Labute approximate surface area is 191 Å². The fourth-order valence-corrected chi connectivity index (χ4v) is 5.43. The molecule has 2 aromatic heterocycles. The number of hydrogen-bond donors (Lipinski definition) is 0. The molecule has 2 bridgehead atoms. The smallest absolute Gasteiger partial charge is 0.260 e. The van der Waals surface area contributed by atoms with Crippen LogP contribution in [0.25, 0.3) is 0 Å². The van der Waals surface area contributed by atoms with E-state index in [0.29, 0.717) is 35.8 Å². The second kappa shape index (κ2) is 7.98. The minimum atomic E-state index is -0.987. The number of hydrogen-bond acceptors (Lipinski definition) is 6. The van der Waals surface area contributed by atoms with Crippen LogP contribution in [0.4, 0.5) is 0 Å². The number of aryl methyl sites for hydroxylation is 1. The standard InChI is InChI=1S/C25H27NO5S/c1-5-6-8-26-15(2)10-21-22(24(26)27)23-18-12-20(29-4)19(28-3)11-16(18)13-25(30-21,31-23)17-7-9-32-14-17/h7,9-12,14,23H,5-6,8,13H2,1-4H3/t23?,25-/m0/s1. The first-order valence-corrected chi connectivity index (χ1v) is 11.8. The molecule has 1 unspecified atom stereocenters. The van der Waals surface area contributed by atoms with Crippen LogP contribution in [0.15, 0.2) is 39.8 Å². The van der Waals surface area contributed by atoms with Gasteiger partial charge in [-0.2, -0.15) is 11.3 Å². The van der Waals surface area contributed by atoms with Crippen molar-refractivity contribution in [1.29, 1.82) is 0 Å². The first-order chi connectivity index (χ1) is 15.5. The zero-order valence-electron chi connectivity index (χ0n) is 18.8. The maximum Gasteiger partial charge on any atom is 0.260 e. The van der Waals surface area contributed by atoms with E-state index in [2.05, 4.69) is 6.92 Å². The Balaban J connectivity index is 1.76. The van der Waals surface area contributed by atoms with Crippen molar-refractivity contribution in [3.05, 3.63) is 73.3 Å². The molecular weight excluding hydrogens is 426 g/mol. The minimum absolute atomic E-state index is 0.0556. The maximum absolute atomic E-state index is 13.7. The highest BCUT2D eigenvalue weighted by molar-refractivity contribution is 7.08. The lowest BCUT2D eigenvalue weighted by Crippen LogP contribution is -2.48. The number of fused-ring (bicyclic) bond motifs is 6. The Morgan fingerprint density at radius 1 is 1.22 bits per heavy atom. The van der Waals surface area contributed by atoms with Crippen molar-refractivity contribution in [3.63, 3.8) is 0 Å². The van der Waals surface area contributed by atoms with Gasteiger partial charge in [-0.1, -0.05) is 13.3 Å². The third kappa shape index (κ3) is 3.14. The van der Waals surface area contributed by atoms with Crippen LogP contribution in [0.5, 0.6) is 17.2 Å². The van der Waals surface area contributed by atoms with Gasteiger partial charge in [0, 0.05) is 35.7 Å². The summed E-state index contributed by atoms with van der Waals surface area (Å²) in [5.41, 5.74) is 4.28. The van der Waals surface area contributed by atoms with Crippen LogP contribution in [0.3, 0.4) is 0 Å². The summed E-state index contributed by atoms with van der Waals surface area (Å²) in [5, 5.41) is 4.06. The van der Waals surface area contributed by atoms with E-state index in [9.17, 15) is 4.79 Å². The van der Waals surface area contributed by atoms with Gasteiger partial charge in [0.2, 0.25) is 5.79 Å². The van der Waals surface area contributed by atoms with Gasteiger partial charge in [-0.25, -0.2) is 0 Å². The molecule has 0 fully saturated rings. The predicted octanol–water partition coefficient (Wildman–Crippen LogP) is 4.94. The molecule has 0 amide bonds. The number of ether oxygens (including phenoxy) is 4. The van der Waals surface area contributed by atoms with Gasteiger partial charge in [0.25, 0.3) is 5.56 Å². The third-order valence-corrected chi connectivity index (χ3v) is 7.08. The first kappa shape index (κ1) is 21.1. The molecule has 7 heteroatoms. The van der Waals surface area contributed by atoms with Crippen LogP contribution in [-0.4, -0.2) is 18.8 Å². The molecule has 4 heterocycles. The molecule has 5 rings (SSSR count). The Hall–Kier alpha value is -2.77. The quantitative estimate of drug-likeness (QED) is 0.529. The van der Waals surface area contributed by atoms with Crippen LogP contribution >= 0.6 is 11.3 Å². The molecule has 6 nitrogen and oxygen atoms in total. The highest BCUT2D eigenvalue weighted by atomic mass is 32.1. The summed E-state index contributed by atoms with van der Waals surface area (Å²) in [6, 6.07) is 7.91. The molecule has 3 aromatic rings. The largest absolute Gasteiger partial charge is 0.493 e. The number of pyridine rings is 1. The van der Waals surface area contributed by atoms with Crippen LogP contribution in [-0.2, 0) is 23.5 Å². The maximum atomic E-state index is 13.7. The van der Waals surface area contributed by atoms with Crippen LogP contribution in [0, 0.1) is 6.92 Å². The highest BCUT2D eigenvalue weighted by Gasteiger charge is 2.50. The van der Waals surface area contributed by atoms with E-state index in [1.807, 2.05) is 46.5 Å². The Morgan fingerprint density at radius 3 is 2.69 bits per heavy atom. The minimum Gasteiger partial charge on any atom is -0.493 e. The summed E-state index contributed by atoms with van der Waals surface area (Å²) in [5.74, 6) is 0.877. The molecule has 1 aromatic carbocycles. The fourth-order valence-electron chi connectivity index (χ4n) is 4.72. The van der Waals surface area contributed by atoms with Gasteiger partial charge < -0.3 is 23.5 Å². The third-order valence-electron chi connectivity index (χ3n) is 6.40. The lowest BCUT2D eigenvalue weighted by Gasteiger charge is -2.46. The Bertz CT molecular complexity index is 1220. The Morgan fingerprint density at radius 2 is 2.00 bits per heavy atom. The summed E-state index contributed by atoms with van der Waals surface area (Å²) < 4.78 is 26.1. The first-order valence-electron chi connectivity index (χ1n) is 10.9. The average Bonchev–Trinajstić information content (AvgIpc) is 3.33. The van der Waals surface area contributed by atoms with E-state index in [1.54, 1.807) is 25.6 Å². The summed E-state index contributed by atoms with van der Waals surface area (Å²) in [6.07, 6.45) is 1.91. The molecule has 0 saturated carbocycles. The van der Waals surface area contributed by atoms with Crippen LogP contribution in [0.1, 0.15) is 53.8 Å². The summed E-state index contributed by atoms with van der Waals surface area (Å²) >= 11 is 1.60. The van der Waals surface area contributed by atoms with Crippen molar-refractivity contribution in [2.24, 2.45) is 0 Å². The second-order valence-corrected chi connectivity index (χ2v) is 9.10. The average molecular weight is 454 g/mol. The number of nitrogens with zero attached hydrogens (tertiary/aromatic N) is 1. The van der Waals surface area contributed by atoms with Crippen molar-refractivity contribution in [3.8, 4) is 17.2 Å². The van der Waals surface area contributed by atoms with Gasteiger partial charge in [0.05, 0.1) is 19.8 Å². The molecule has 0 aliphatic carbocycles. The molecule has 2 aliphatic heterocycles. The molecule has 0 spiro atoms. The molecule has 2 atom stereocenters. The van der Waals surface area contributed by atoms with Crippen LogP contribution in [0.2, 0.25) is 0 Å². The number of benzene rings is 1. The van der Waals surface area contributed by atoms with Crippen molar-refractivity contribution >= 4 is 11.3 Å². The van der Waals surface area contributed by atoms with Crippen molar-refractivity contribution in [2.45, 2.75) is 51.5 Å². The highest BCUT2D eigenvalue weighted by Crippen LogP contribution is 2.53. The summed E-state index contributed by atoms with van der Waals surface area (Å²) in [7, 11) is 3.24. The second-order valence-electron chi connectivity index (χ2n) is 8.32. The lowest BCUT2D eigenvalue weighted by molar-refractivity contribution is -0.237.